The molecule has 1 aromatic heterocycles. The highest BCUT2D eigenvalue weighted by atomic mass is 32.1. The largest absolute Gasteiger partial charge is 0.388 e. The first-order chi connectivity index (χ1) is 8.56. The van der Waals surface area contributed by atoms with Gasteiger partial charge in [0.25, 0.3) is 6.43 Å². The monoisotopic (exact) mass is 269 g/mol. The molecule has 0 aliphatic heterocycles. The SMILES string of the molecule is Cc1nc(CC(O)c2ccc(C(F)F)cc2)cs1. The molecule has 0 aliphatic rings. The minimum absolute atomic E-state index is 0.0320. The van der Waals surface area contributed by atoms with Gasteiger partial charge in [-0.2, -0.15) is 0 Å². The van der Waals surface area contributed by atoms with Crippen molar-refractivity contribution in [3.63, 3.8) is 0 Å². The summed E-state index contributed by atoms with van der Waals surface area (Å²) in [6.45, 7) is 1.90. The zero-order chi connectivity index (χ0) is 13.1. The van der Waals surface area contributed by atoms with Crippen LogP contribution in [0.15, 0.2) is 29.6 Å². The lowest BCUT2D eigenvalue weighted by molar-refractivity contribution is 0.151. The van der Waals surface area contributed by atoms with Crippen LogP contribution < -0.4 is 0 Å². The molecule has 18 heavy (non-hydrogen) atoms. The third-order valence-corrected chi connectivity index (χ3v) is 3.46. The highest BCUT2D eigenvalue weighted by Gasteiger charge is 2.12. The lowest BCUT2D eigenvalue weighted by Crippen LogP contribution is -2.02. The third-order valence-electron chi connectivity index (χ3n) is 2.64. The van der Waals surface area contributed by atoms with Crippen LogP contribution in [0.3, 0.4) is 0 Å². The van der Waals surface area contributed by atoms with Crippen molar-refractivity contribution < 1.29 is 13.9 Å². The molecule has 2 nitrogen and oxygen atoms in total. The van der Waals surface area contributed by atoms with Crippen LogP contribution >= 0.6 is 11.3 Å². The molecular weight excluding hydrogens is 256 g/mol. The summed E-state index contributed by atoms with van der Waals surface area (Å²) in [4.78, 5) is 4.26. The van der Waals surface area contributed by atoms with Crippen LogP contribution in [0.2, 0.25) is 0 Å². The Morgan fingerprint density at radius 3 is 2.33 bits per heavy atom. The normalized spacial score (nSPS) is 12.9. The van der Waals surface area contributed by atoms with Gasteiger partial charge in [-0.15, -0.1) is 11.3 Å². The Bertz CT molecular complexity index is 510. The highest BCUT2D eigenvalue weighted by molar-refractivity contribution is 7.09. The molecule has 1 heterocycles. The summed E-state index contributed by atoms with van der Waals surface area (Å²) in [5.74, 6) is 0. The quantitative estimate of drug-likeness (QED) is 0.918. The Morgan fingerprint density at radius 1 is 1.22 bits per heavy atom. The van der Waals surface area contributed by atoms with E-state index in [2.05, 4.69) is 4.98 Å². The average molecular weight is 269 g/mol. The van der Waals surface area contributed by atoms with Crippen LogP contribution in [0.5, 0.6) is 0 Å². The zero-order valence-electron chi connectivity index (χ0n) is 9.81. The third kappa shape index (κ3) is 3.11. The van der Waals surface area contributed by atoms with Crippen LogP contribution in [0.25, 0.3) is 0 Å². The number of aliphatic hydroxyl groups is 1. The summed E-state index contributed by atoms with van der Waals surface area (Å²) in [6.07, 6.45) is -2.78. The molecule has 0 aliphatic carbocycles. The molecule has 1 aromatic carbocycles. The van der Waals surface area contributed by atoms with E-state index in [9.17, 15) is 13.9 Å². The van der Waals surface area contributed by atoms with E-state index in [1.807, 2.05) is 12.3 Å². The number of nitrogens with zero attached hydrogens (tertiary/aromatic N) is 1. The summed E-state index contributed by atoms with van der Waals surface area (Å²) in [6, 6.07) is 5.75. The lowest BCUT2D eigenvalue weighted by Gasteiger charge is -2.10. The van der Waals surface area contributed by atoms with Crippen LogP contribution in [0.4, 0.5) is 8.78 Å². The van der Waals surface area contributed by atoms with E-state index in [4.69, 9.17) is 0 Å². The molecule has 0 spiro atoms. The molecule has 1 unspecified atom stereocenters. The van der Waals surface area contributed by atoms with Crippen molar-refractivity contribution in [3.8, 4) is 0 Å². The van der Waals surface area contributed by atoms with E-state index in [1.165, 1.54) is 35.6 Å². The number of rotatable bonds is 4. The molecule has 1 atom stereocenters. The molecular formula is C13H13F2NOS. The fourth-order valence-electron chi connectivity index (χ4n) is 1.68. The Hall–Kier alpha value is -1.33. The molecule has 2 rings (SSSR count). The maximum absolute atomic E-state index is 12.4. The minimum Gasteiger partial charge on any atom is -0.388 e. The van der Waals surface area contributed by atoms with Gasteiger partial charge in [-0.3, -0.25) is 0 Å². The van der Waals surface area contributed by atoms with Crippen molar-refractivity contribution in [1.29, 1.82) is 0 Å². The summed E-state index contributed by atoms with van der Waals surface area (Å²) in [5.41, 5.74) is 1.42. The summed E-state index contributed by atoms with van der Waals surface area (Å²) in [5, 5.41) is 12.8. The lowest BCUT2D eigenvalue weighted by atomic mass is 10.0. The number of aliphatic hydroxyl groups excluding tert-OH is 1. The second kappa shape index (κ2) is 5.54. The van der Waals surface area contributed by atoms with Gasteiger partial charge in [0.1, 0.15) is 0 Å². The van der Waals surface area contributed by atoms with Crippen molar-refractivity contribution in [3.05, 3.63) is 51.5 Å². The Balaban J connectivity index is 2.06. The second-order valence-corrected chi connectivity index (χ2v) is 5.11. The molecule has 0 bridgehead atoms. The molecule has 0 saturated heterocycles. The maximum Gasteiger partial charge on any atom is 0.263 e. The second-order valence-electron chi connectivity index (χ2n) is 4.05. The zero-order valence-corrected chi connectivity index (χ0v) is 10.6. The van der Waals surface area contributed by atoms with E-state index < -0.39 is 12.5 Å². The van der Waals surface area contributed by atoms with Crippen molar-refractivity contribution >= 4 is 11.3 Å². The van der Waals surface area contributed by atoms with Gasteiger partial charge in [0.2, 0.25) is 0 Å². The highest BCUT2D eigenvalue weighted by Crippen LogP contribution is 2.23. The molecule has 0 fully saturated rings. The average Bonchev–Trinajstić information content (AvgIpc) is 2.75. The van der Waals surface area contributed by atoms with E-state index in [-0.39, 0.29) is 5.56 Å². The van der Waals surface area contributed by atoms with Gasteiger partial charge in [-0.05, 0) is 12.5 Å². The first-order valence-electron chi connectivity index (χ1n) is 5.53. The van der Waals surface area contributed by atoms with Crippen LogP contribution in [-0.4, -0.2) is 10.1 Å². The van der Waals surface area contributed by atoms with Crippen molar-refractivity contribution in [1.82, 2.24) is 4.98 Å². The minimum atomic E-state index is -2.47. The summed E-state index contributed by atoms with van der Waals surface area (Å²) < 4.78 is 24.8. The first-order valence-corrected chi connectivity index (χ1v) is 6.41. The first kappa shape index (κ1) is 13.1. The maximum atomic E-state index is 12.4. The van der Waals surface area contributed by atoms with Gasteiger partial charge >= 0.3 is 0 Å². The number of hydrogen-bond donors (Lipinski definition) is 1. The predicted molar refractivity (Wildman–Crippen MR) is 66.9 cm³/mol. The number of aryl methyl sites for hydroxylation is 1. The number of thiazole rings is 1. The van der Waals surface area contributed by atoms with Gasteiger partial charge in [0.05, 0.1) is 16.8 Å². The number of halogens is 2. The van der Waals surface area contributed by atoms with Gasteiger partial charge < -0.3 is 5.11 Å². The van der Waals surface area contributed by atoms with E-state index in [1.54, 1.807) is 0 Å². The molecule has 0 radical (unpaired) electrons. The molecule has 2 aromatic rings. The number of aromatic nitrogens is 1. The molecule has 0 saturated carbocycles. The fraction of sp³-hybridized carbons (Fsp3) is 0.308. The fourth-order valence-corrected chi connectivity index (χ4v) is 2.31. The standard InChI is InChI=1S/C13H13F2NOS/c1-8-16-11(7-18-8)6-12(17)9-2-4-10(5-3-9)13(14)15/h2-5,7,12-13,17H,6H2,1H3. The van der Waals surface area contributed by atoms with E-state index in [0.29, 0.717) is 12.0 Å². The van der Waals surface area contributed by atoms with Crippen LogP contribution in [0, 0.1) is 6.92 Å². The van der Waals surface area contributed by atoms with Gasteiger partial charge in [-0.1, -0.05) is 24.3 Å². The smallest absolute Gasteiger partial charge is 0.263 e. The topological polar surface area (TPSA) is 33.1 Å². The van der Waals surface area contributed by atoms with Crippen molar-refractivity contribution in [2.45, 2.75) is 25.9 Å². The van der Waals surface area contributed by atoms with E-state index >= 15 is 0 Å². The number of benzene rings is 1. The molecule has 0 amide bonds. The predicted octanol–water partition coefficient (Wildman–Crippen LogP) is 3.67. The Morgan fingerprint density at radius 2 is 1.83 bits per heavy atom. The van der Waals surface area contributed by atoms with Gasteiger partial charge in [-0.25, -0.2) is 13.8 Å². The number of alkyl halides is 2. The molecule has 5 heteroatoms. The Kier molecular flexibility index (Phi) is 4.04. The summed E-state index contributed by atoms with van der Waals surface area (Å²) in [7, 11) is 0. The van der Waals surface area contributed by atoms with E-state index in [0.717, 1.165) is 10.7 Å². The van der Waals surface area contributed by atoms with Crippen LogP contribution in [-0.2, 0) is 6.42 Å². The van der Waals surface area contributed by atoms with Crippen LogP contribution in [0.1, 0.15) is 34.4 Å². The van der Waals surface area contributed by atoms with Crippen molar-refractivity contribution in [2.24, 2.45) is 0 Å². The van der Waals surface area contributed by atoms with Gasteiger partial charge in [0.15, 0.2) is 0 Å². The molecule has 96 valence electrons. The van der Waals surface area contributed by atoms with Crippen molar-refractivity contribution in [2.75, 3.05) is 0 Å². The molecule has 1 N–H and O–H groups in total. The Labute approximate surface area is 108 Å². The summed E-state index contributed by atoms with van der Waals surface area (Å²) >= 11 is 1.53. The van der Waals surface area contributed by atoms with Gasteiger partial charge in [0, 0.05) is 17.4 Å². The number of hydrogen-bond acceptors (Lipinski definition) is 3.